The van der Waals surface area contributed by atoms with E-state index in [1.165, 1.54) is 14.2 Å². The van der Waals surface area contributed by atoms with Crippen LogP contribution in [0, 0.1) is 0 Å². The van der Waals surface area contributed by atoms with Gasteiger partial charge in [0.2, 0.25) is 23.8 Å². The van der Waals surface area contributed by atoms with Crippen molar-refractivity contribution in [2.45, 2.75) is 52.6 Å². The first-order valence-corrected chi connectivity index (χ1v) is 10.7. The van der Waals surface area contributed by atoms with E-state index in [0.29, 0.717) is 23.8 Å². The number of anilines is 6. The van der Waals surface area contributed by atoms with Crippen LogP contribution in [0.15, 0.2) is 24.3 Å². The fraction of sp³-hybridized carbons (Fsp3) is 0.455. The molecule has 0 saturated carbocycles. The maximum Gasteiger partial charge on any atom is 0.322 e. The van der Waals surface area contributed by atoms with Crippen molar-refractivity contribution in [3.05, 3.63) is 24.3 Å². The van der Waals surface area contributed by atoms with Gasteiger partial charge in [-0.25, -0.2) is 0 Å². The summed E-state index contributed by atoms with van der Waals surface area (Å²) in [7, 11) is 3.03. The minimum Gasteiger partial charge on any atom is -0.467 e. The summed E-state index contributed by atoms with van der Waals surface area (Å²) in [5.74, 6) is 1.56. The summed E-state index contributed by atoms with van der Waals surface area (Å²) in [6, 6.07) is 7.94. The summed E-state index contributed by atoms with van der Waals surface area (Å²) in [6.07, 6.45) is 0. The maximum atomic E-state index is 5.21. The fourth-order valence-corrected chi connectivity index (χ4v) is 2.69. The Hall–Kier alpha value is -3.96. The molecule has 34 heavy (non-hydrogen) atoms. The van der Waals surface area contributed by atoms with Crippen LogP contribution in [0.1, 0.15) is 41.5 Å². The van der Waals surface area contributed by atoms with E-state index in [2.05, 4.69) is 51.2 Å². The van der Waals surface area contributed by atoms with E-state index >= 15 is 0 Å². The lowest BCUT2D eigenvalue weighted by molar-refractivity contribution is 0.379. The molecule has 1 aromatic carbocycles. The highest BCUT2D eigenvalue weighted by Gasteiger charge is 2.16. The van der Waals surface area contributed by atoms with Crippen LogP contribution in [0.2, 0.25) is 0 Å². The zero-order valence-corrected chi connectivity index (χ0v) is 20.8. The molecule has 0 aliphatic carbocycles. The summed E-state index contributed by atoms with van der Waals surface area (Å²) in [5, 5.41) is 12.8. The van der Waals surface area contributed by atoms with Crippen LogP contribution in [0.25, 0.3) is 0 Å². The number of hydrogen-bond donors (Lipinski definition) is 4. The quantitative estimate of drug-likeness (QED) is 0.379. The largest absolute Gasteiger partial charge is 0.467 e. The zero-order chi connectivity index (χ0) is 24.9. The molecule has 0 bridgehead atoms. The van der Waals surface area contributed by atoms with Crippen molar-refractivity contribution < 1.29 is 9.47 Å². The molecule has 0 aliphatic rings. The van der Waals surface area contributed by atoms with Crippen LogP contribution in [0.4, 0.5) is 35.2 Å². The van der Waals surface area contributed by atoms with Gasteiger partial charge in [0.05, 0.1) is 14.2 Å². The number of nitrogens with one attached hydrogen (secondary N) is 4. The molecule has 0 spiro atoms. The summed E-state index contributed by atoms with van der Waals surface area (Å²) in [4.78, 5) is 25.9. The molecular formula is C22H32N10O2. The van der Waals surface area contributed by atoms with Crippen LogP contribution in [-0.2, 0) is 0 Å². The predicted octanol–water partition coefficient (Wildman–Crippen LogP) is 3.98. The molecule has 182 valence electrons. The van der Waals surface area contributed by atoms with Gasteiger partial charge in [0, 0.05) is 22.5 Å². The van der Waals surface area contributed by atoms with Gasteiger partial charge in [-0.3, -0.25) is 0 Å². The lowest BCUT2D eigenvalue weighted by atomic mass is 10.1. The number of rotatable bonds is 8. The van der Waals surface area contributed by atoms with E-state index in [1.54, 1.807) is 0 Å². The number of nitrogens with zero attached hydrogens (tertiary/aromatic N) is 6. The summed E-state index contributed by atoms with van der Waals surface area (Å²) >= 11 is 0. The molecule has 0 amide bonds. The lowest BCUT2D eigenvalue weighted by Gasteiger charge is -2.21. The molecule has 3 rings (SSSR count). The first-order valence-electron chi connectivity index (χ1n) is 10.7. The van der Waals surface area contributed by atoms with Gasteiger partial charge >= 0.3 is 12.0 Å². The SMILES string of the molecule is COc1nc(Nc2ccc(Nc3nc(NC(C)(C)C)nc(OC)n3)cc2)nc(NC(C)(C)C)n1. The molecule has 2 aromatic heterocycles. The number of ether oxygens (including phenoxy) is 2. The molecule has 0 aliphatic heterocycles. The summed E-state index contributed by atoms with van der Waals surface area (Å²) < 4.78 is 10.4. The van der Waals surface area contributed by atoms with Crippen molar-refractivity contribution in [3.63, 3.8) is 0 Å². The molecule has 4 N–H and O–H groups in total. The van der Waals surface area contributed by atoms with E-state index in [9.17, 15) is 0 Å². The van der Waals surface area contributed by atoms with E-state index in [4.69, 9.17) is 9.47 Å². The topological polar surface area (TPSA) is 144 Å². The second-order valence-corrected chi connectivity index (χ2v) is 9.52. The average Bonchev–Trinajstić information content (AvgIpc) is 2.72. The molecule has 3 aromatic rings. The lowest BCUT2D eigenvalue weighted by Crippen LogP contribution is -2.27. The zero-order valence-electron chi connectivity index (χ0n) is 20.8. The van der Waals surface area contributed by atoms with Crippen molar-refractivity contribution in [1.29, 1.82) is 0 Å². The van der Waals surface area contributed by atoms with Gasteiger partial charge in [-0.1, -0.05) is 0 Å². The van der Waals surface area contributed by atoms with E-state index < -0.39 is 0 Å². The Morgan fingerprint density at radius 1 is 0.529 bits per heavy atom. The Morgan fingerprint density at radius 2 is 0.853 bits per heavy atom. The van der Waals surface area contributed by atoms with Crippen molar-refractivity contribution in [2.24, 2.45) is 0 Å². The Balaban J connectivity index is 1.75. The number of benzene rings is 1. The second kappa shape index (κ2) is 9.89. The van der Waals surface area contributed by atoms with Crippen molar-refractivity contribution in [3.8, 4) is 12.0 Å². The number of methoxy groups -OCH3 is 2. The number of hydrogen-bond acceptors (Lipinski definition) is 12. The highest BCUT2D eigenvalue weighted by Crippen LogP contribution is 2.22. The van der Waals surface area contributed by atoms with Crippen molar-refractivity contribution >= 4 is 35.2 Å². The fourth-order valence-electron chi connectivity index (χ4n) is 2.69. The first-order chi connectivity index (χ1) is 15.9. The normalized spacial score (nSPS) is 11.5. The van der Waals surface area contributed by atoms with Gasteiger partial charge in [-0.15, -0.1) is 0 Å². The standard InChI is InChI=1S/C22H32N10O2/c1-21(2,3)31-17-25-15(27-19(29-17)33-7)23-13-9-11-14(12-10-13)24-16-26-18(32-22(4,5)6)30-20(28-16)34-8/h9-12H,1-8H3,(H2,23,25,27,29,31)(H2,24,26,28,30,32). The molecule has 12 nitrogen and oxygen atoms in total. The van der Waals surface area contributed by atoms with Gasteiger partial charge in [0.15, 0.2) is 0 Å². The molecular weight excluding hydrogens is 436 g/mol. The summed E-state index contributed by atoms with van der Waals surface area (Å²) in [5.41, 5.74) is 1.14. The maximum absolute atomic E-state index is 5.21. The highest BCUT2D eigenvalue weighted by molar-refractivity contribution is 5.62. The highest BCUT2D eigenvalue weighted by atomic mass is 16.5. The Morgan fingerprint density at radius 3 is 1.15 bits per heavy atom. The van der Waals surface area contributed by atoms with Gasteiger partial charge in [0.1, 0.15) is 0 Å². The van der Waals surface area contributed by atoms with Crippen molar-refractivity contribution in [1.82, 2.24) is 29.9 Å². The minimum atomic E-state index is -0.211. The third-order valence-electron chi connectivity index (χ3n) is 3.97. The van der Waals surface area contributed by atoms with Gasteiger partial charge in [-0.2, -0.15) is 29.9 Å². The average molecular weight is 469 g/mol. The minimum absolute atomic E-state index is 0.211. The Labute approximate surface area is 199 Å². The van der Waals surface area contributed by atoms with Crippen molar-refractivity contribution in [2.75, 3.05) is 35.5 Å². The smallest absolute Gasteiger partial charge is 0.322 e. The molecule has 0 radical (unpaired) electrons. The second-order valence-electron chi connectivity index (χ2n) is 9.52. The molecule has 0 atom stereocenters. The van der Waals surface area contributed by atoms with E-state index in [-0.39, 0.29) is 23.1 Å². The molecule has 0 saturated heterocycles. The molecule has 0 fully saturated rings. The van der Waals surface area contributed by atoms with Crippen LogP contribution in [-0.4, -0.2) is 55.2 Å². The molecule has 12 heteroatoms. The van der Waals surface area contributed by atoms with Gasteiger partial charge in [0.25, 0.3) is 0 Å². The van der Waals surface area contributed by atoms with Gasteiger partial charge < -0.3 is 30.7 Å². The molecule has 0 unspecified atom stereocenters. The van der Waals surface area contributed by atoms with Crippen LogP contribution < -0.4 is 30.7 Å². The van der Waals surface area contributed by atoms with Crippen LogP contribution in [0.5, 0.6) is 12.0 Å². The predicted molar refractivity (Wildman–Crippen MR) is 133 cm³/mol. The number of aromatic nitrogens is 6. The van der Waals surface area contributed by atoms with Crippen LogP contribution >= 0.6 is 0 Å². The third kappa shape index (κ3) is 7.57. The summed E-state index contributed by atoms with van der Waals surface area (Å²) in [6.45, 7) is 12.1. The Bertz CT molecular complexity index is 1020. The molecule has 2 heterocycles. The third-order valence-corrected chi connectivity index (χ3v) is 3.97. The Kier molecular flexibility index (Phi) is 7.18. The van der Waals surface area contributed by atoms with Gasteiger partial charge in [-0.05, 0) is 65.8 Å². The monoisotopic (exact) mass is 468 g/mol. The first kappa shape index (κ1) is 24.7. The van der Waals surface area contributed by atoms with E-state index in [1.807, 2.05) is 65.8 Å². The van der Waals surface area contributed by atoms with E-state index in [0.717, 1.165) is 11.4 Å². The van der Waals surface area contributed by atoms with Crippen LogP contribution in [0.3, 0.4) is 0 Å².